The molecule has 0 spiro atoms. The Kier molecular flexibility index (Phi) is 6.44. The summed E-state index contributed by atoms with van der Waals surface area (Å²) in [5.74, 6) is 2.15. The maximum Gasteiger partial charge on any atom is 0.176 e. The number of methoxy groups -OCH3 is 1. The Morgan fingerprint density at radius 2 is 1.97 bits per heavy atom. The first-order chi connectivity index (χ1) is 14.6. The second-order valence-electron chi connectivity index (χ2n) is 7.63. The van der Waals surface area contributed by atoms with Crippen LogP contribution in [-0.2, 0) is 0 Å². The van der Waals surface area contributed by atoms with E-state index in [-0.39, 0.29) is 0 Å². The molecule has 0 bridgehead atoms. The maximum absolute atomic E-state index is 5.45. The number of hydrogen-bond acceptors (Lipinski definition) is 8. The zero-order chi connectivity index (χ0) is 20.9. The highest BCUT2D eigenvalue weighted by atomic mass is 32.1. The highest BCUT2D eigenvalue weighted by Gasteiger charge is 2.16. The van der Waals surface area contributed by atoms with Crippen molar-refractivity contribution in [3.63, 3.8) is 0 Å². The number of likely N-dealkylation sites (N-methyl/N-ethyl adjacent to an activating group) is 1. The third-order valence-electron chi connectivity index (χ3n) is 5.50. The molecule has 1 aliphatic rings. The fourth-order valence-electron chi connectivity index (χ4n) is 3.58. The van der Waals surface area contributed by atoms with E-state index in [1.165, 1.54) is 5.56 Å². The highest BCUT2D eigenvalue weighted by Crippen LogP contribution is 2.32. The fourth-order valence-corrected chi connectivity index (χ4v) is 4.42. The summed E-state index contributed by atoms with van der Waals surface area (Å²) < 4.78 is 5.45. The average Bonchev–Trinajstić information content (AvgIpc) is 3.27. The van der Waals surface area contributed by atoms with Gasteiger partial charge in [0.05, 0.1) is 12.8 Å². The lowest BCUT2D eigenvalue weighted by atomic mass is 10.0. The van der Waals surface area contributed by atoms with Gasteiger partial charge < -0.3 is 19.9 Å². The SMILES string of the molecule is COc1sccc1C(C)CNc1cc(-c2ccc(N3CCN(C)CC3)nc2)ncn1. The van der Waals surface area contributed by atoms with Crippen LogP contribution in [0, 0.1) is 0 Å². The molecule has 0 amide bonds. The Morgan fingerprint density at radius 1 is 1.13 bits per heavy atom. The van der Waals surface area contributed by atoms with Gasteiger partial charge in [-0.05, 0) is 30.6 Å². The van der Waals surface area contributed by atoms with E-state index in [0.717, 1.165) is 60.7 Å². The van der Waals surface area contributed by atoms with E-state index in [0.29, 0.717) is 5.92 Å². The first-order valence-electron chi connectivity index (χ1n) is 10.2. The van der Waals surface area contributed by atoms with Crippen LogP contribution in [0.2, 0.25) is 0 Å². The highest BCUT2D eigenvalue weighted by molar-refractivity contribution is 7.12. The molecule has 30 heavy (non-hydrogen) atoms. The Labute approximate surface area is 181 Å². The van der Waals surface area contributed by atoms with E-state index in [1.54, 1.807) is 24.8 Å². The number of ether oxygens (including phenoxy) is 1. The van der Waals surface area contributed by atoms with Gasteiger partial charge in [0.15, 0.2) is 5.06 Å². The number of nitrogens with one attached hydrogen (secondary N) is 1. The summed E-state index contributed by atoms with van der Waals surface area (Å²) in [6, 6.07) is 8.27. The van der Waals surface area contributed by atoms with E-state index < -0.39 is 0 Å². The van der Waals surface area contributed by atoms with Gasteiger partial charge in [-0.2, -0.15) is 0 Å². The second-order valence-corrected chi connectivity index (χ2v) is 8.51. The van der Waals surface area contributed by atoms with Crippen molar-refractivity contribution in [3.05, 3.63) is 47.7 Å². The normalized spacial score (nSPS) is 15.8. The number of aromatic nitrogens is 3. The molecule has 1 aliphatic heterocycles. The van der Waals surface area contributed by atoms with Crippen molar-refractivity contribution < 1.29 is 4.74 Å². The Bertz CT molecular complexity index is 952. The number of pyridine rings is 1. The van der Waals surface area contributed by atoms with E-state index >= 15 is 0 Å². The second kappa shape index (κ2) is 9.40. The molecule has 4 rings (SSSR count). The fraction of sp³-hybridized carbons (Fsp3) is 0.409. The smallest absolute Gasteiger partial charge is 0.176 e. The molecule has 3 aromatic rings. The van der Waals surface area contributed by atoms with E-state index in [1.807, 2.05) is 12.3 Å². The molecule has 1 unspecified atom stereocenters. The van der Waals surface area contributed by atoms with Gasteiger partial charge in [-0.25, -0.2) is 15.0 Å². The third-order valence-corrected chi connectivity index (χ3v) is 6.39. The van der Waals surface area contributed by atoms with Gasteiger partial charge >= 0.3 is 0 Å². The Hall–Kier alpha value is -2.71. The van der Waals surface area contributed by atoms with Gasteiger partial charge in [0.1, 0.15) is 18.0 Å². The average molecular weight is 425 g/mol. The van der Waals surface area contributed by atoms with Crippen LogP contribution in [0.5, 0.6) is 5.06 Å². The Balaban J connectivity index is 1.40. The van der Waals surface area contributed by atoms with Crippen LogP contribution in [-0.4, -0.2) is 66.7 Å². The van der Waals surface area contributed by atoms with Crippen molar-refractivity contribution in [2.75, 3.05) is 57.1 Å². The molecule has 8 heteroatoms. The minimum Gasteiger partial charge on any atom is -0.487 e. The molecule has 0 aromatic carbocycles. The monoisotopic (exact) mass is 424 g/mol. The van der Waals surface area contributed by atoms with E-state index in [9.17, 15) is 0 Å². The quantitative estimate of drug-likeness (QED) is 0.622. The molecule has 158 valence electrons. The van der Waals surface area contributed by atoms with Crippen LogP contribution in [0.4, 0.5) is 11.6 Å². The molecule has 4 heterocycles. The van der Waals surface area contributed by atoms with Gasteiger partial charge in [0.2, 0.25) is 0 Å². The van der Waals surface area contributed by atoms with Gasteiger partial charge in [0, 0.05) is 62.0 Å². The first kappa shape index (κ1) is 20.6. The number of nitrogens with zero attached hydrogens (tertiary/aromatic N) is 5. The van der Waals surface area contributed by atoms with Crippen LogP contribution < -0.4 is 15.0 Å². The summed E-state index contributed by atoms with van der Waals surface area (Å²) in [7, 11) is 3.88. The lowest BCUT2D eigenvalue weighted by Crippen LogP contribution is -2.44. The van der Waals surface area contributed by atoms with Gasteiger partial charge in [-0.15, -0.1) is 11.3 Å². The van der Waals surface area contributed by atoms with Crippen molar-refractivity contribution >= 4 is 23.0 Å². The lowest BCUT2D eigenvalue weighted by molar-refractivity contribution is 0.312. The minimum atomic E-state index is 0.314. The zero-order valence-corrected chi connectivity index (χ0v) is 18.5. The molecule has 1 N–H and O–H groups in total. The molecule has 1 fully saturated rings. The number of hydrogen-bond donors (Lipinski definition) is 1. The molecule has 0 radical (unpaired) electrons. The summed E-state index contributed by atoms with van der Waals surface area (Å²) in [4.78, 5) is 18.2. The zero-order valence-electron chi connectivity index (χ0n) is 17.7. The number of anilines is 2. The van der Waals surface area contributed by atoms with Gasteiger partial charge in [-0.1, -0.05) is 6.92 Å². The topological polar surface area (TPSA) is 66.4 Å². The lowest BCUT2D eigenvalue weighted by Gasteiger charge is -2.33. The predicted molar refractivity (Wildman–Crippen MR) is 123 cm³/mol. The minimum absolute atomic E-state index is 0.314. The van der Waals surface area contributed by atoms with Crippen molar-refractivity contribution in [1.29, 1.82) is 0 Å². The van der Waals surface area contributed by atoms with Crippen LogP contribution >= 0.6 is 11.3 Å². The Morgan fingerprint density at radius 3 is 2.70 bits per heavy atom. The molecule has 1 atom stereocenters. The first-order valence-corrected chi connectivity index (χ1v) is 11.1. The van der Waals surface area contributed by atoms with Gasteiger partial charge in [-0.3, -0.25) is 0 Å². The summed E-state index contributed by atoms with van der Waals surface area (Å²) in [6.07, 6.45) is 3.50. The van der Waals surface area contributed by atoms with Crippen LogP contribution in [0.3, 0.4) is 0 Å². The molecular formula is C22H28N6OS. The van der Waals surface area contributed by atoms with Crippen molar-refractivity contribution in [2.24, 2.45) is 0 Å². The summed E-state index contributed by atoms with van der Waals surface area (Å²) in [5.41, 5.74) is 3.07. The summed E-state index contributed by atoms with van der Waals surface area (Å²) in [6.45, 7) is 7.11. The molecular weight excluding hydrogens is 396 g/mol. The predicted octanol–water partition coefficient (Wildman–Crippen LogP) is 3.58. The summed E-state index contributed by atoms with van der Waals surface area (Å²) in [5, 5.41) is 6.46. The van der Waals surface area contributed by atoms with Gasteiger partial charge in [0.25, 0.3) is 0 Å². The van der Waals surface area contributed by atoms with Crippen LogP contribution in [0.1, 0.15) is 18.4 Å². The molecule has 1 saturated heterocycles. The number of thiophene rings is 1. The van der Waals surface area contributed by atoms with E-state index in [2.05, 4.69) is 67.6 Å². The van der Waals surface area contributed by atoms with Crippen molar-refractivity contribution in [3.8, 4) is 16.3 Å². The number of rotatable bonds is 7. The molecule has 3 aromatic heterocycles. The van der Waals surface area contributed by atoms with E-state index in [4.69, 9.17) is 4.74 Å². The molecule has 0 saturated carbocycles. The maximum atomic E-state index is 5.45. The third kappa shape index (κ3) is 4.71. The van der Waals surface area contributed by atoms with Crippen LogP contribution in [0.15, 0.2) is 42.2 Å². The van der Waals surface area contributed by atoms with Crippen LogP contribution in [0.25, 0.3) is 11.3 Å². The van der Waals surface area contributed by atoms with Crippen molar-refractivity contribution in [2.45, 2.75) is 12.8 Å². The molecule has 0 aliphatic carbocycles. The molecule has 7 nitrogen and oxygen atoms in total. The summed E-state index contributed by atoms with van der Waals surface area (Å²) >= 11 is 1.62. The number of piperazine rings is 1. The standard InChI is InChI=1S/C22H28N6OS/c1-16(18-6-11-30-22(18)29-3)13-23-20-12-19(25-15-26-20)17-4-5-21(24-14-17)28-9-7-27(2)8-10-28/h4-6,11-12,14-16H,7-10,13H2,1-3H3,(H,23,25,26). The largest absolute Gasteiger partial charge is 0.487 e. The van der Waals surface area contributed by atoms with Crippen molar-refractivity contribution in [1.82, 2.24) is 19.9 Å².